The molecule has 0 fully saturated rings. The zero-order valence-electron chi connectivity index (χ0n) is 8.62. The molecule has 6 heteroatoms. The lowest BCUT2D eigenvalue weighted by atomic mass is 10.2. The molecule has 0 saturated carbocycles. The summed E-state index contributed by atoms with van der Waals surface area (Å²) in [6, 6.07) is 5.22. The molecule has 16 heavy (non-hydrogen) atoms. The largest absolute Gasteiger partial charge is 0.450 e. The molecule has 1 aromatic rings. The van der Waals surface area contributed by atoms with E-state index in [4.69, 9.17) is 22.7 Å². The van der Waals surface area contributed by atoms with E-state index in [1.807, 2.05) is 0 Å². The highest BCUT2D eigenvalue weighted by Gasteiger charge is 2.09. The second kappa shape index (κ2) is 5.81. The van der Waals surface area contributed by atoms with Crippen molar-refractivity contribution in [3.05, 3.63) is 28.2 Å². The fourth-order valence-electron chi connectivity index (χ4n) is 1.11. The van der Waals surface area contributed by atoms with Gasteiger partial charge in [0.15, 0.2) is 0 Å². The Morgan fingerprint density at radius 2 is 2.31 bits per heavy atom. The molecule has 0 saturated heterocycles. The first kappa shape index (κ1) is 12.9. The van der Waals surface area contributed by atoms with Crippen molar-refractivity contribution in [1.82, 2.24) is 0 Å². The quantitative estimate of drug-likeness (QED) is 0.843. The molecule has 0 atom stereocenters. The minimum atomic E-state index is -0.526. The number of nitrogens with two attached hydrogens (primary N) is 1. The van der Waals surface area contributed by atoms with E-state index >= 15 is 0 Å². The van der Waals surface area contributed by atoms with Crippen molar-refractivity contribution < 1.29 is 9.53 Å². The number of carbonyl (C=O) groups is 1. The predicted molar refractivity (Wildman–Crippen MR) is 70.7 cm³/mol. The Morgan fingerprint density at radius 3 is 2.88 bits per heavy atom. The van der Waals surface area contributed by atoms with Gasteiger partial charge >= 0.3 is 6.09 Å². The molecular formula is C10H11BrN2O2S. The van der Waals surface area contributed by atoms with Gasteiger partial charge in [-0.05, 0) is 25.1 Å². The Kier molecular flexibility index (Phi) is 4.70. The summed E-state index contributed by atoms with van der Waals surface area (Å²) in [5, 5.41) is 2.57. The van der Waals surface area contributed by atoms with Gasteiger partial charge in [-0.15, -0.1) is 0 Å². The number of anilines is 1. The van der Waals surface area contributed by atoms with Gasteiger partial charge < -0.3 is 10.5 Å². The SMILES string of the molecule is CCOC(=O)Nc1ccc(Br)cc1C(N)=S. The smallest absolute Gasteiger partial charge is 0.411 e. The number of hydrogen-bond donors (Lipinski definition) is 2. The van der Waals surface area contributed by atoms with Crippen LogP contribution in [0.3, 0.4) is 0 Å². The molecule has 86 valence electrons. The zero-order valence-corrected chi connectivity index (χ0v) is 11.0. The molecule has 0 spiro atoms. The molecule has 0 heterocycles. The highest BCUT2D eigenvalue weighted by Crippen LogP contribution is 2.21. The lowest BCUT2D eigenvalue weighted by Crippen LogP contribution is -2.18. The van der Waals surface area contributed by atoms with Crippen molar-refractivity contribution in [1.29, 1.82) is 0 Å². The van der Waals surface area contributed by atoms with Crippen molar-refractivity contribution in [2.24, 2.45) is 5.73 Å². The van der Waals surface area contributed by atoms with E-state index in [-0.39, 0.29) is 4.99 Å². The number of amides is 1. The summed E-state index contributed by atoms with van der Waals surface area (Å²) in [6.07, 6.45) is -0.526. The van der Waals surface area contributed by atoms with Gasteiger partial charge in [0.05, 0.1) is 12.3 Å². The molecule has 0 aliphatic carbocycles. The third kappa shape index (κ3) is 3.46. The first-order chi connectivity index (χ1) is 7.54. The molecule has 0 unspecified atom stereocenters. The third-order valence-corrected chi connectivity index (χ3v) is 2.47. The molecule has 0 aliphatic rings. The van der Waals surface area contributed by atoms with Crippen LogP contribution in [0.15, 0.2) is 22.7 Å². The number of carbonyl (C=O) groups excluding carboxylic acids is 1. The Bertz CT molecular complexity index is 423. The monoisotopic (exact) mass is 302 g/mol. The van der Waals surface area contributed by atoms with Gasteiger partial charge in [-0.1, -0.05) is 28.1 Å². The van der Waals surface area contributed by atoms with Crippen molar-refractivity contribution in [2.75, 3.05) is 11.9 Å². The summed E-state index contributed by atoms with van der Waals surface area (Å²) in [5.74, 6) is 0. The van der Waals surface area contributed by atoms with Gasteiger partial charge in [0.25, 0.3) is 0 Å². The molecule has 3 N–H and O–H groups in total. The van der Waals surface area contributed by atoms with Gasteiger partial charge in [0.2, 0.25) is 0 Å². The van der Waals surface area contributed by atoms with E-state index in [0.29, 0.717) is 17.9 Å². The Hall–Kier alpha value is -1.14. The molecule has 0 radical (unpaired) electrons. The van der Waals surface area contributed by atoms with E-state index < -0.39 is 6.09 Å². The van der Waals surface area contributed by atoms with Crippen LogP contribution in [0, 0.1) is 0 Å². The average Bonchev–Trinajstić information content (AvgIpc) is 2.20. The Balaban J connectivity index is 2.95. The number of ether oxygens (including phenoxy) is 1. The van der Waals surface area contributed by atoms with Crippen LogP contribution in [0.5, 0.6) is 0 Å². The standard InChI is InChI=1S/C10H11BrN2O2S/c1-2-15-10(14)13-8-4-3-6(11)5-7(8)9(12)16/h3-5H,2H2,1H3,(H2,12,16)(H,13,14). The van der Waals surface area contributed by atoms with Gasteiger partial charge in [0.1, 0.15) is 4.99 Å². The number of nitrogens with one attached hydrogen (secondary N) is 1. The third-order valence-electron chi connectivity index (χ3n) is 1.76. The fourth-order valence-corrected chi connectivity index (χ4v) is 1.64. The number of benzene rings is 1. The van der Waals surface area contributed by atoms with Crippen molar-refractivity contribution >= 4 is 44.9 Å². The number of thiocarbonyl (C=S) groups is 1. The number of halogens is 1. The van der Waals surface area contributed by atoms with Crippen LogP contribution < -0.4 is 11.1 Å². The maximum atomic E-state index is 11.2. The molecule has 0 bridgehead atoms. The number of hydrogen-bond acceptors (Lipinski definition) is 3. The van der Waals surface area contributed by atoms with Crippen LogP contribution in [0.25, 0.3) is 0 Å². The van der Waals surface area contributed by atoms with Gasteiger partial charge in [-0.25, -0.2) is 4.79 Å². The summed E-state index contributed by atoms with van der Waals surface area (Å²) < 4.78 is 5.60. The summed E-state index contributed by atoms with van der Waals surface area (Å²) in [4.78, 5) is 11.5. The van der Waals surface area contributed by atoms with Gasteiger partial charge in [-0.3, -0.25) is 5.32 Å². The van der Waals surface area contributed by atoms with Crippen LogP contribution in [0.2, 0.25) is 0 Å². The summed E-state index contributed by atoms with van der Waals surface area (Å²) in [6.45, 7) is 2.04. The first-order valence-corrected chi connectivity index (χ1v) is 5.78. The second-order valence-corrected chi connectivity index (χ2v) is 4.26. The summed E-state index contributed by atoms with van der Waals surface area (Å²) in [7, 11) is 0. The molecule has 1 rings (SSSR count). The van der Waals surface area contributed by atoms with Crippen LogP contribution in [0.4, 0.5) is 10.5 Å². The first-order valence-electron chi connectivity index (χ1n) is 4.57. The molecule has 0 aromatic heterocycles. The normalized spacial score (nSPS) is 9.62. The minimum absolute atomic E-state index is 0.216. The highest BCUT2D eigenvalue weighted by molar-refractivity contribution is 9.10. The van der Waals surface area contributed by atoms with E-state index in [2.05, 4.69) is 21.2 Å². The topological polar surface area (TPSA) is 64.3 Å². The second-order valence-electron chi connectivity index (χ2n) is 2.90. The highest BCUT2D eigenvalue weighted by atomic mass is 79.9. The Morgan fingerprint density at radius 1 is 1.62 bits per heavy atom. The van der Waals surface area contributed by atoms with Gasteiger partial charge in [0, 0.05) is 10.0 Å². The Labute approximate surface area is 107 Å². The van der Waals surface area contributed by atoms with Crippen molar-refractivity contribution in [3.63, 3.8) is 0 Å². The van der Waals surface area contributed by atoms with Crippen molar-refractivity contribution in [3.8, 4) is 0 Å². The maximum absolute atomic E-state index is 11.2. The molecule has 1 aromatic carbocycles. The molecule has 0 aliphatic heterocycles. The minimum Gasteiger partial charge on any atom is -0.450 e. The summed E-state index contributed by atoms with van der Waals surface area (Å²) >= 11 is 8.19. The lowest BCUT2D eigenvalue weighted by Gasteiger charge is -2.10. The molecule has 1 amide bonds. The van der Waals surface area contributed by atoms with Crippen LogP contribution in [0.1, 0.15) is 12.5 Å². The van der Waals surface area contributed by atoms with E-state index in [9.17, 15) is 4.79 Å². The van der Waals surface area contributed by atoms with E-state index in [1.165, 1.54) is 0 Å². The maximum Gasteiger partial charge on any atom is 0.411 e. The van der Waals surface area contributed by atoms with Crippen LogP contribution >= 0.6 is 28.1 Å². The summed E-state index contributed by atoms with van der Waals surface area (Å²) in [5.41, 5.74) is 6.68. The van der Waals surface area contributed by atoms with Crippen LogP contribution in [-0.4, -0.2) is 17.7 Å². The van der Waals surface area contributed by atoms with E-state index in [0.717, 1.165) is 4.47 Å². The van der Waals surface area contributed by atoms with Crippen LogP contribution in [-0.2, 0) is 4.74 Å². The number of rotatable bonds is 3. The van der Waals surface area contributed by atoms with E-state index in [1.54, 1.807) is 25.1 Å². The average molecular weight is 303 g/mol. The van der Waals surface area contributed by atoms with Gasteiger partial charge in [-0.2, -0.15) is 0 Å². The predicted octanol–water partition coefficient (Wildman–Crippen LogP) is 2.65. The lowest BCUT2D eigenvalue weighted by molar-refractivity contribution is 0.168. The molecular weight excluding hydrogens is 292 g/mol. The zero-order chi connectivity index (χ0) is 12.1. The molecule has 4 nitrogen and oxygen atoms in total. The van der Waals surface area contributed by atoms with Crippen molar-refractivity contribution in [2.45, 2.75) is 6.92 Å². The fraction of sp³-hybridized carbons (Fsp3) is 0.200.